The minimum Gasteiger partial charge on any atom is -0.489 e. The second-order valence-corrected chi connectivity index (χ2v) is 14.6. The van der Waals surface area contributed by atoms with E-state index in [2.05, 4.69) is 22.0 Å². The third-order valence-electron chi connectivity index (χ3n) is 12.0. The fraction of sp³-hybridized carbons (Fsp3) is 0.714. The first-order valence-electron chi connectivity index (χ1n) is 17.3. The molecule has 3 atom stereocenters. The number of carbonyl (C=O) groups is 4. The van der Waals surface area contributed by atoms with Gasteiger partial charge in [-0.05, 0) is 113 Å². The van der Waals surface area contributed by atoms with E-state index in [1.54, 1.807) is 4.90 Å². The summed E-state index contributed by atoms with van der Waals surface area (Å²) in [5.41, 5.74) is 1.43. The van der Waals surface area contributed by atoms with Crippen molar-refractivity contribution in [3.05, 3.63) is 29.3 Å². The second kappa shape index (κ2) is 12.1. The summed E-state index contributed by atoms with van der Waals surface area (Å²) in [6.45, 7) is 6.64. The Labute approximate surface area is 261 Å². The van der Waals surface area contributed by atoms with E-state index in [1.807, 2.05) is 18.2 Å². The van der Waals surface area contributed by atoms with E-state index >= 15 is 0 Å². The van der Waals surface area contributed by atoms with Crippen LogP contribution in [0.15, 0.2) is 18.2 Å². The van der Waals surface area contributed by atoms with E-state index < -0.39 is 6.04 Å². The molecule has 0 aromatic heterocycles. The van der Waals surface area contributed by atoms with Gasteiger partial charge < -0.3 is 14.5 Å². The number of piperidine rings is 3. The highest BCUT2D eigenvalue weighted by Crippen LogP contribution is 2.43. The number of ether oxygens (including phenoxy) is 1. The van der Waals surface area contributed by atoms with Crippen LogP contribution in [0.3, 0.4) is 0 Å². The number of carbonyl (C=O) groups excluding carboxylic acids is 4. The third kappa shape index (κ3) is 5.65. The monoisotopic (exact) mass is 604 g/mol. The highest BCUT2D eigenvalue weighted by atomic mass is 16.5. The summed E-state index contributed by atoms with van der Waals surface area (Å²) in [7, 11) is 0. The number of hydrogen-bond acceptors (Lipinski definition) is 6. The molecule has 2 saturated carbocycles. The van der Waals surface area contributed by atoms with Gasteiger partial charge in [-0.1, -0.05) is 19.8 Å². The number of hydrogen-bond donors (Lipinski definition) is 1. The predicted octanol–water partition coefficient (Wildman–Crippen LogP) is 4.28. The predicted molar refractivity (Wildman–Crippen MR) is 165 cm³/mol. The molecule has 9 heteroatoms. The zero-order valence-corrected chi connectivity index (χ0v) is 26.2. The maximum atomic E-state index is 13.1. The van der Waals surface area contributed by atoms with Gasteiger partial charge in [-0.3, -0.25) is 29.4 Å². The molecule has 7 rings (SSSR count). The van der Waals surface area contributed by atoms with Crippen molar-refractivity contribution in [1.29, 1.82) is 0 Å². The van der Waals surface area contributed by atoms with E-state index in [9.17, 15) is 19.2 Å². The van der Waals surface area contributed by atoms with Crippen LogP contribution in [0.25, 0.3) is 0 Å². The van der Waals surface area contributed by atoms with E-state index in [4.69, 9.17) is 4.74 Å². The van der Waals surface area contributed by atoms with Gasteiger partial charge in [-0.2, -0.15) is 0 Å². The summed E-state index contributed by atoms with van der Waals surface area (Å²) in [6, 6.07) is 5.54. The molecule has 4 aliphatic heterocycles. The molecule has 5 fully saturated rings. The lowest BCUT2D eigenvalue weighted by Crippen LogP contribution is -2.52. The quantitative estimate of drug-likeness (QED) is 0.487. The van der Waals surface area contributed by atoms with Crippen LogP contribution in [0.4, 0.5) is 0 Å². The van der Waals surface area contributed by atoms with Crippen LogP contribution >= 0.6 is 0 Å². The van der Waals surface area contributed by atoms with Gasteiger partial charge in [0.05, 0.1) is 0 Å². The molecule has 4 amide bonds. The molecule has 9 nitrogen and oxygen atoms in total. The molecule has 2 aliphatic carbocycles. The number of fused-ring (bicyclic) bond motifs is 1. The largest absolute Gasteiger partial charge is 0.489 e. The Balaban J connectivity index is 0.927. The molecule has 1 N–H and O–H groups in total. The summed E-state index contributed by atoms with van der Waals surface area (Å²) >= 11 is 0. The van der Waals surface area contributed by atoms with Crippen molar-refractivity contribution in [3.8, 4) is 5.75 Å². The number of benzene rings is 1. The Morgan fingerprint density at radius 3 is 2.27 bits per heavy atom. The average Bonchev–Trinajstić information content (AvgIpc) is 3.35. The van der Waals surface area contributed by atoms with Gasteiger partial charge in [0.2, 0.25) is 17.7 Å². The Morgan fingerprint density at radius 1 is 0.886 bits per heavy atom. The zero-order chi connectivity index (χ0) is 30.4. The van der Waals surface area contributed by atoms with Gasteiger partial charge >= 0.3 is 0 Å². The van der Waals surface area contributed by atoms with E-state index in [1.165, 1.54) is 32.1 Å². The zero-order valence-electron chi connectivity index (χ0n) is 26.2. The Kier molecular flexibility index (Phi) is 8.18. The second-order valence-electron chi connectivity index (χ2n) is 14.6. The van der Waals surface area contributed by atoms with Gasteiger partial charge in [-0.15, -0.1) is 0 Å². The number of amides is 4. The fourth-order valence-corrected chi connectivity index (χ4v) is 9.03. The van der Waals surface area contributed by atoms with Gasteiger partial charge in [0.15, 0.2) is 0 Å². The molecule has 6 aliphatic rings. The van der Waals surface area contributed by atoms with E-state index in [0.29, 0.717) is 30.5 Å². The smallest absolute Gasteiger partial charge is 0.255 e. The van der Waals surface area contributed by atoms with Crippen LogP contribution in [0, 0.1) is 17.3 Å². The molecular formula is C35H48N4O5. The van der Waals surface area contributed by atoms with Gasteiger partial charge in [0, 0.05) is 43.1 Å². The molecule has 44 heavy (non-hydrogen) atoms. The van der Waals surface area contributed by atoms with Crippen molar-refractivity contribution in [2.45, 2.75) is 115 Å². The van der Waals surface area contributed by atoms with Crippen LogP contribution in [-0.4, -0.2) is 82.7 Å². The Bertz CT molecular complexity index is 1290. The Hall–Kier alpha value is -2.94. The third-order valence-corrected chi connectivity index (χ3v) is 12.0. The van der Waals surface area contributed by atoms with Crippen LogP contribution in [0.1, 0.15) is 106 Å². The molecule has 1 unspecified atom stereocenters. The minimum atomic E-state index is -0.603. The standard InChI is InChI=1S/C35H48N4O5/c1-35(15-4-16-35)34(43)38-19-13-24(14-20-38)23-11-17-37(18-12-23)28-5-2-3-6-30(28)44-26-7-8-27-25(21-26)22-39(33(27)42)29-9-10-31(40)36-32(29)41/h7-8,21,23-24,28-30H,2-6,9-20,22H2,1H3,(H,36,40,41)/t28-,29?,30-/m1/s1. The maximum Gasteiger partial charge on any atom is 0.255 e. The molecule has 1 aromatic carbocycles. The van der Waals surface area contributed by atoms with Crippen LogP contribution < -0.4 is 10.1 Å². The fourth-order valence-electron chi connectivity index (χ4n) is 9.03. The summed E-state index contributed by atoms with van der Waals surface area (Å²) < 4.78 is 6.68. The van der Waals surface area contributed by atoms with Gasteiger partial charge in [-0.25, -0.2) is 0 Å². The molecule has 1 aromatic rings. The lowest BCUT2D eigenvalue weighted by Gasteiger charge is -2.46. The highest BCUT2D eigenvalue weighted by Gasteiger charge is 2.44. The summed E-state index contributed by atoms with van der Waals surface area (Å²) in [5.74, 6) is 1.89. The Morgan fingerprint density at radius 2 is 1.59 bits per heavy atom. The lowest BCUT2D eigenvalue weighted by molar-refractivity contribution is -0.148. The van der Waals surface area contributed by atoms with Crippen LogP contribution in [0.2, 0.25) is 0 Å². The highest BCUT2D eigenvalue weighted by molar-refractivity contribution is 6.05. The first kappa shape index (κ1) is 29.8. The van der Waals surface area contributed by atoms with Crippen molar-refractivity contribution < 1.29 is 23.9 Å². The SMILES string of the molecule is CC1(C(=O)N2CCC(C3CCN([C@@H]4CCCC[C@H]4Oc4ccc5c(c4)CN(C4CCC(=O)NC4=O)C5=O)CC3)CC2)CCC1. The summed E-state index contributed by atoms with van der Waals surface area (Å²) in [4.78, 5) is 56.6. The normalized spacial score (nSPS) is 30.1. The van der Waals surface area contributed by atoms with Gasteiger partial charge in [0.1, 0.15) is 17.9 Å². The van der Waals surface area contributed by atoms with Crippen molar-refractivity contribution in [2.75, 3.05) is 26.2 Å². The average molecular weight is 605 g/mol. The molecule has 4 heterocycles. The van der Waals surface area contributed by atoms with Crippen molar-refractivity contribution in [1.82, 2.24) is 20.0 Å². The number of rotatable bonds is 6. The topological polar surface area (TPSA) is 99.3 Å². The maximum absolute atomic E-state index is 13.1. The molecule has 3 saturated heterocycles. The number of nitrogens with one attached hydrogen (secondary N) is 1. The van der Waals surface area contributed by atoms with E-state index in [0.717, 1.165) is 87.9 Å². The van der Waals surface area contributed by atoms with Crippen molar-refractivity contribution >= 4 is 23.6 Å². The number of nitrogens with zero attached hydrogens (tertiary/aromatic N) is 3. The lowest BCUT2D eigenvalue weighted by atomic mass is 9.69. The summed E-state index contributed by atoms with van der Waals surface area (Å²) in [5, 5.41) is 2.38. The number of imide groups is 1. The number of likely N-dealkylation sites (tertiary alicyclic amines) is 2. The first-order chi connectivity index (χ1) is 21.3. The van der Waals surface area contributed by atoms with Crippen molar-refractivity contribution in [3.63, 3.8) is 0 Å². The molecule has 0 bridgehead atoms. The first-order valence-corrected chi connectivity index (χ1v) is 17.3. The molecular weight excluding hydrogens is 556 g/mol. The van der Waals surface area contributed by atoms with Crippen molar-refractivity contribution in [2.24, 2.45) is 17.3 Å². The van der Waals surface area contributed by atoms with Crippen LogP contribution in [-0.2, 0) is 20.9 Å². The molecule has 0 spiro atoms. The van der Waals surface area contributed by atoms with Crippen LogP contribution in [0.5, 0.6) is 5.75 Å². The molecule has 238 valence electrons. The van der Waals surface area contributed by atoms with Gasteiger partial charge in [0.25, 0.3) is 5.91 Å². The summed E-state index contributed by atoms with van der Waals surface area (Å²) in [6.07, 6.45) is 13.4. The minimum absolute atomic E-state index is 0.0792. The van der Waals surface area contributed by atoms with E-state index in [-0.39, 0.29) is 35.7 Å². The molecule has 0 radical (unpaired) electrons.